The van der Waals surface area contributed by atoms with E-state index in [4.69, 9.17) is 0 Å². The van der Waals surface area contributed by atoms with Crippen molar-refractivity contribution < 1.29 is 4.79 Å². The highest BCUT2D eigenvalue weighted by atomic mass is 16.2. The summed E-state index contributed by atoms with van der Waals surface area (Å²) in [7, 11) is 2.14. The van der Waals surface area contributed by atoms with Crippen molar-refractivity contribution in [2.75, 3.05) is 46.3 Å². The van der Waals surface area contributed by atoms with Crippen LogP contribution in [0.15, 0.2) is 24.3 Å². The first-order valence-electron chi connectivity index (χ1n) is 8.78. The molecule has 0 spiro atoms. The highest BCUT2D eigenvalue weighted by molar-refractivity contribution is 5.82. The lowest BCUT2D eigenvalue weighted by molar-refractivity contribution is -0.141. The molecule has 2 aromatic rings. The lowest BCUT2D eigenvalue weighted by Gasteiger charge is -2.43. The van der Waals surface area contributed by atoms with Crippen molar-refractivity contribution in [2.24, 2.45) is 0 Å². The van der Waals surface area contributed by atoms with Crippen molar-refractivity contribution in [1.82, 2.24) is 24.7 Å². The van der Waals surface area contributed by atoms with E-state index in [1.165, 1.54) is 0 Å². The van der Waals surface area contributed by atoms with Gasteiger partial charge in [0.25, 0.3) is 0 Å². The molecule has 1 aromatic carbocycles. The maximum Gasteiger partial charge on any atom is 0.239 e. The molecule has 2 fully saturated rings. The minimum absolute atomic E-state index is 0.0182. The second-order valence-electron chi connectivity index (χ2n) is 7.09. The van der Waals surface area contributed by atoms with Gasteiger partial charge in [-0.15, -0.1) is 0 Å². The quantitative estimate of drug-likeness (QED) is 0.918. The molecule has 0 bridgehead atoms. The molecule has 2 saturated heterocycles. The molecule has 0 saturated carbocycles. The van der Waals surface area contributed by atoms with E-state index in [-0.39, 0.29) is 11.9 Å². The molecule has 3 heterocycles. The fourth-order valence-electron chi connectivity index (χ4n) is 3.63. The van der Waals surface area contributed by atoms with Gasteiger partial charge < -0.3 is 14.8 Å². The summed E-state index contributed by atoms with van der Waals surface area (Å²) < 4.78 is 0. The van der Waals surface area contributed by atoms with Crippen LogP contribution in [0, 0.1) is 0 Å². The fraction of sp³-hybridized carbons (Fsp3) is 0.556. The third-order valence-corrected chi connectivity index (χ3v) is 5.43. The first-order valence-corrected chi connectivity index (χ1v) is 8.78. The number of H-pyrrole nitrogens is 1. The van der Waals surface area contributed by atoms with E-state index in [0.717, 1.165) is 56.1 Å². The zero-order chi connectivity index (χ0) is 16.7. The van der Waals surface area contributed by atoms with Crippen LogP contribution in [0.1, 0.15) is 18.7 Å². The molecule has 1 atom stereocenters. The summed E-state index contributed by atoms with van der Waals surface area (Å²) in [5, 5.41) is 0. The van der Waals surface area contributed by atoms with Gasteiger partial charge in [-0.05, 0) is 26.1 Å². The van der Waals surface area contributed by atoms with Crippen LogP contribution < -0.4 is 0 Å². The van der Waals surface area contributed by atoms with Gasteiger partial charge in [0.1, 0.15) is 5.82 Å². The van der Waals surface area contributed by atoms with Gasteiger partial charge in [-0.25, -0.2) is 4.98 Å². The summed E-state index contributed by atoms with van der Waals surface area (Å²) in [6.45, 7) is 7.63. The Bertz CT molecular complexity index is 695. The third kappa shape index (κ3) is 2.80. The number of nitrogens with zero attached hydrogens (tertiary/aromatic N) is 4. The molecular weight excluding hydrogens is 302 g/mol. The van der Waals surface area contributed by atoms with Gasteiger partial charge in [0.15, 0.2) is 0 Å². The molecule has 4 rings (SSSR count). The lowest BCUT2D eigenvalue weighted by Crippen LogP contribution is -2.58. The Kier molecular flexibility index (Phi) is 4.02. The number of aromatic nitrogens is 2. The summed E-state index contributed by atoms with van der Waals surface area (Å²) in [5.41, 5.74) is 2.08. The van der Waals surface area contributed by atoms with Crippen LogP contribution in [-0.4, -0.2) is 82.9 Å². The van der Waals surface area contributed by atoms with E-state index in [1.807, 2.05) is 36.1 Å². The number of hydrogen-bond donors (Lipinski definition) is 1. The number of para-hydroxylation sites is 2. The number of carbonyl (C=O) groups is 1. The van der Waals surface area contributed by atoms with Gasteiger partial charge in [-0.2, -0.15) is 0 Å². The van der Waals surface area contributed by atoms with E-state index < -0.39 is 0 Å². The molecule has 2 aliphatic rings. The molecule has 2 aliphatic heterocycles. The maximum atomic E-state index is 12.7. The Morgan fingerprint density at radius 3 is 2.62 bits per heavy atom. The topological polar surface area (TPSA) is 55.5 Å². The second kappa shape index (κ2) is 6.18. The van der Waals surface area contributed by atoms with Crippen LogP contribution in [0.3, 0.4) is 0 Å². The summed E-state index contributed by atoms with van der Waals surface area (Å²) >= 11 is 0. The number of carbonyl (C=O) groups excluding carboxylic acids is 1. The Morgan fingerprint density at radius 1 is 1.21 bits per heavy atom. The van der Waals surface area contributed by atoms with Crippen LogP contribution in [0.4, 0.5) is 0 Å². The summed E-state index contributed by atoms with van der Waals surface area (Å²) in [5.74, 6) is 1.60. The third-order valence-electron chi connectivity index (χ3n) is 5.43. The molecule has 24 heavy (non-hydrogen) atoms. The second-order valence-corrected chi connectivity index (χ2v) is 7.09. The van der Waals surface area contributed by atoms with E-state index in [0.29, 0.717) is 5.92 Å². The van der Waals surface area contributed by atoms with E-state index >= 15 is 0 Å². The van der Waals surface area contributed by atoms with Gasteiger partial charge in [0.05, 0.1) is 23.0 Å². The normalized spacial score (nSPS) is 21.8. The van der Waals surface area contributed by atoms with Gasteiger partial charge in [0.2, 0.25) is 5.91 Å². The molecule has 0 radical (unpaired) electrons. The monoisotopic (exact) mass is 327 g/mol. The van der Waals surface area contributed by atoms with Crippen molar-refractivity contribution in [2.45, 2.75) is 18.9 Å². The molecule has 128 valence electrons. The average Bonchev–Trinajstić information content (AvgIpc) is 2.96. The van der Waals surface area contributed by atoms with Crippen LogP contribution in [-0.2, 0) is 4.79 Å². The zero-order valence-corrected chi connectivity index (χ0v) is 14.4. The average molecular weight is 327 g/mol. The van der Waals surface area contributed by atoms with Crippen molar-refractivity contribution in [3.8, 4) is 0 Å². The van der Waals surface area contributed by atoms with E-state index in [1.54, 1.807) is 0 Å². The number of benzene rings is 1. The van der Waals surface area contributed by atoms with Crippen LogP contribution in [0.25, 0.3) is 11.0 Å². The van der Waals surface area contributed by atoms with Crippen molar-refractivity contribution in [3.05, 3.63) is 30.1 Å². The van der Waals surface area contributed by atoms with Crippen molar-refractivity contribution >= 4 is 16.9 Å². The van der Waals surface area contributed by atoms with Gasteiger partial charge >= 0.3 is 0 Å². The largest absolute Gasteiger partial charge is 0.342 e. The number of piperazine rings is 1. The number of likely N-dealkylation sites (tertiary alicyclic amines) is 1. The summed E-state index contributed by atoms with van der Waals surface area (Å²) in [6, 6.07) is 8.06. The molecule has 1 aromatic heterocycles. The summed E-state index contributed by atoms with van der Waals surface area (Å²) in [6.07, 6.45) is 0. The minimum atomic E-state index is -0.0182. The Labute approximate surface area is 142 Å². The SMILES string of the molecule is C[C@@H](C(=O)N1CC(c2nc3ccccc3[nH]2)C1)N1CCN(C)CC1. The number of imidazole rings is 1. The number of nitrogens with one attached hydrogen (secondary N) is 1. The fourth-order valence-corrected chi connectivity index (χ4v) is 3.63. The van der Waals surface area contributed by atoms with Gasteiger partial charge in [-0.3, -0.25) is 9.69 Å². The van der Waals surface area contributed by atoms with Crippen molar-refractivity contribution in [3.63, 3.8) is 0 Å². The molecule has 6 heteroatoms. The van der Waals surface area contributed by atoms with Crippen LogP contribution in [0.2, 0.25) is 0 Å². The highest BCUT2D eigenvalue weighted by Gasteiger charge is 2.37. The molecule has 0 aliphatic carbocycles. The summed E-state index contributed by atoms with van der Waals surface area (Å²) in [4.78, 5) is 27.3. The Balaban J connectivity index is 1.35. The number of fused-ring (bicyclic) bond motifs is 1. The van der Waals surface area contributed by atoms with E-state index in [9.17, 15) is 4.79 Å². The van der Waals surface area contributed by atoms with Gasteiger partial charge in [-0.1, -0.05) is 12.1 Å². The highest BCUT2D eigenvalue weighted by Crippen LogP contribution is 2.27. The molecule has 1 N–H and O–H groups in total. The number of likely N-dealkylation sites (N-methyl/N-ethyl adjacent to an activating group) is 1. The predicted octanol–water partition coefficient (Wildman–Crippen LogP) is 1.12. The first kappa shape index (κ1) is 15.6. The minimum Gasteiger partial charge on any atom is -0.342 e. The zero-order valence-electron chi connectivity index (χ0n) is 14.4. The molecule has 0 unspecified atom stereocenters. The van der Waals surface area contributed by atoms with E-state index in [2.05, 4.69) is 26.8 Å². The number of hydrogen-bond acceptors (Lipinski definition) is 4. The number of amides is 1. The Hall–Kier alpha value is -1.92. The van der Waals surface area contributed by atoms with Crippen LogP contribution >= 0.6 is 0 Å². The van der Waals surface area contributed by atoms with Crippen molar-refractivity contribution in [1.29, 1.82) is 0 Å². The molecule has 6 nitrogen and oxygen atoms in total. The standard InChI is InChI=1S/C18H25N5O/c1-13(22-9-7-21(2)8-10-22)18(24)23-11-14(12-23)17-19-15-5-3-4-6-16(15)20-17/h3-6,13-14H,7-12H2,1-2H3,(H,19,20)/t13-/m0/s1. The maximum absolute atomic E-state index is 12.7. The molecular formula is C18H25N5O. The lowest BCUT2D eigenvalue weighted by atomic mass is 9.98. The van der Waals surface area contributed by atoms with Crippen LogP contribution in [0.5, 0.6) is 0 Å². The predicted molar refractivity (Wildman–Crippen MR) is 93.9 cm³/mol. The first-order chi connectivity index (χ1) is 11.6. The smallest absolute Gasteiger partial charge is 0.239 e. The van der Waals surface area contributed by atoms with Gasteiger partial charge in [0, 0.05) is 39.3 Å². The molecule has 1 amide bonds. The number of rotatable bonds is 3. The Morgan fingerprint density at radius 2 is 1.92 bits per heavy atom. The number of aromatic amines is 1.